The molecule has 1 fully saturated rings. The summed E-state index contributed by atoms with van der Waals surface area (Å²) in [5.41, 5.74) is 0. The fourth-order valence-corrected chi connectivity index (χ4v) is 1.66. The second-order valence-corrected chi connectivity index (χ2v) is 5.00. The number of hydrogen-bond acceptors (Lipinski definition) is 2. The van der Waals surface area contributed by atoms with Crippen molar-refractivity contribution in [1.29, 1.82) is 0 Å². The Morgan fingerprint density at radius 2 is 1.83 bits per heavy atom. The van der Waals surface area contributed by atoms with Gasteiger partial charge in [0.25, 0.3) is 0 Å². The molecule has 0 saturated carbocycles. The Labute approximate surface area is 86.9 Å². The van der Waals surface area contributed by atoms with Gasteiger partial charge in [-0.3, -0.25) is 0 Å². The van der Waals surface area contributed by atoms with Crippen LogP contribution in [0.4, 0.5) is 0 Å². The lowest BCUT2D eigenvalue weighted by atomic mass is 10.3. The molecule has 0 aromatic rings. The zero-order chi connectivity index (χ0) is 8.85. The van der Waals surface area contributed by atoms with Crippen LogP contribution >= 0.6 is 24.0 Å². The fraction of sp³-hybridized carbons (Fsp3) is 0.889. The van der Waals surface area contributed by atoms with Gasteiger partial charge in [-0.1, -0.05) is 52.2 Å². The smallest absolute Gasteiger partial charge is 0.136 e. The topological polar surface area (TPSA) is 3.24 Å². The molecular weight excluding hydrogens is 186 g/mol. The molecule has 1 heterocycles. The van der Waals surface area contributed by atoms with Gasteiger partial charge in [0, 0.05) is 19.3 Å². The molecule has 1 rings (SSSR count). The van der Waals surface area contributed by atoms with Crippen LogP contribution in [0.3, 0.4) is 0 Å². The van der Waals surface area contributed by atoms with E-state index in [0.29, 0.717) is 0 Å². The maximum Gasteiger partial charge on any atom is 0.136 e. The molecule has 0 amide bonds. The lowest BCUT2D eigenvalue weighted by Crippen LogP contribution is -2.15. The molecule has 0 N–H and O–H groups in total. The molecule has 0 unspecified atom stereocenters. The summed E-state index contributed by atoms with van der Waals surface area (Å²) >= 11 is 6.69. The monoisotopic (exact) mass is 207 g/mol. The largest absolute Gasteiger partial charge is 0.360 e. The molecule has 1 aliphatic rings. The lowest BCUT2D eigenvalue weighted by Gasteiger charge is -2.05. The summed E-state index contributed by atoms with van der Waals surface area (Å²) in [6, 6.07) is 0. The number of nitrogens with zero attached hydrogens (tertiary/aromatic N) is 1. The summed E-state index contributed by atoms with van der Waals surface area (Å²) in [5.74, 6) is 2.01. The molecule has 0 atom stereocenters. The van der Waals surface area contributed by atoms with Crippen LogP contribution in [-0.4, -0.2) is 28.6 Å². The molecule has 0 aliphatic carbocycles. The van der Waals surface area contributed by atoms with Gasteiger partial charge in [-0.25, -0.2) is 0 Å². The van der Waals surface area contributed by atoms with Crippen LogP contribution in [0.25, 0.3) is 0 Å². The molecule has 1 aliphatic heterocycles. The van der Waals surface area contributed by atoms with Crippen molar-refractivity contribution in [2.45, 2.75) is 28.2 Å². The first-order valence-electron chi connectivity index (χ1n) is 3.92. The standard InChI is InChI=1S/C4H7NS2.C4H10.CH4/c1-5-2-3-7-4(5)6;1-4(2)3;/h2-3H2,1H3;4H,1-3H3;1H4. The fourth-order valence-electron chi connectivity index (χ4n) is 0.471. The highest BCUT2D eigenvalue weighted by molar-refractivity contribution is 8.23. The van der Waals surface area contributed by atoms with Crippen molar-refractivity contribution in [2.24, 2.45) is 5.92 Å². The van der Waals surface area contributed by atoms with Crippen LogP contribution in [0.5, 0.6) is 0 Å². The summed E-state index contributed by atoms with van der Waals surface area (Å²) in [7, 11) is 2.03. The van der Waals surface area contributed by atoms with Crippen molar-refractivity contribution < 1.29 is 0 Å². The predicted molar refractivity (Wildman–Crippen MR) is 64.9 cm³/mol. The van der Waals surface area contributed by atoms with Crippen LogP contribution < -0.4 is 0 Å². The third-order valence-electron chi connectivity index (χ3n) is 0.964. The third-order valence-corrected chi connectivity index (χ3v) is 2.57. The molecule has 0 aromatic carbocycles. The van der Waals surface area contributed by atoms with Crippen LogP contribution in [0, 0.1) is 5.92 Å². The van der Waals surface area contributed by atoms with E-state index in [1.165, 1.54) is 5.75 Å². The van der Waals surface area contributed by atoms with Crippen LogP contribution in [-0.2, 0) is 0 Å². The van der Waals surface area contributed by atoms with E-state index in [2.05, 4.69) is 25.7 Å². The van der Waals surface area contributed by atoms with E-state index >= 15 is 0 Å². The van der Waals surface area contributed by atoms with Crippen LogP contribution in [0.2, 0.25) is 0 Å². The van der Waals surface area contributed by atoms with E-state index in [9.17, 15) is 0 Å². The summed E-state index contributed by atoms with van der Waals surface area (Å²) in [4.78, 5) is 2.10. The number of thioether (sulfide) groups is 1. The molecule has 0 spiro atoms. The average Bonchev–Trinajstić information content (AvgIpc) is 2.15. The van der Waals surface area contributed by atoms with Gasteiger partial charge in [-0.15, -0.1) is 0 Å². The number of hydrogen-bond donors (Lipinski definition) is 0. The maximum absolute atomic E-state index is 4.93. The molecule has 3 heteroatoms. The molecular formula is C9H21NS2. The number of thiocarbonyl (C=S) groups is 1. The quantitative estimate of drug-likeness (QED) is 0.561. The van der Waals surface area contributed by atoms with Crippen molar-refractivity contribution in [3.63, 3.8) is 0 Å². The minimum Gasteiger partial charge on any atom is -0.360 e. The Morgan fingerprint density at radius 1 is 1.42 bits per heavy atom. The molecule has 74 valence electrons. The molecule has 1 nitrogen and oxygen atoms in total. The molecule has 0 bridgehead atoms. The van der Waals surface area contributed by atoms with Crippen LogP contribution in [0.1, 0.15) is 28.2 Å². The zero-order valence-electron chi connectivity index (χ0n) is 7.76. The minimum atomic E-state index is 0. The third kappa shape index (κ3) is 8.34. The molecule has 1 saturated heterocycles. The second-order valence-electron chi connectivity index (χ2n) is 3.27. The Balaban J connectivity index is 0. The van der Waals surface area contributed by atoms with E-state index in [0.717, 1.165) is 16.8 Å². The van der Waals surface area contributed by atoms with Crippen molar-refractivity contribution in [1.82, 2.24) is 4.90 Å². The van der Waals surface area contributed by atoms with Gasteiger partial charge < -0.3 is 4.90 Å². The highest BCUT2D eigenvalue weighted by atomic mass is 32.2. The summed E-state index contributed by atoms with van der Waals surface area (Å²) in [6.45, 7) is 7.63. The van der Waals surface area contributed by atoms with Gasteiger partial charge in [-0.2, -0.15) is 0 Å². The van der Waals surface area contributed by atoms with Crippen LogP contribution in [0.15, 0.2) is 0 Å². The van der Waals surface area contributed by atoms with E-state index in [4.69, 9.17) is 12.2 Å². The van der Waals surface area contributed by atoms with Crippen molar-refractivity contribution in [2.75, 3.05) is 19.3 Å². The SMILES string of the molecule is C.CC(C)C.CN1CCSC1=S. The van der Waals surface area contributed by atoms with Gasteiger partial charge in [-0.05, 0) is 5.92 Å². The van der Waals surface area contributed by atoms with E-state index in [1.54, 1.807) is 11.8 Å². The highest BCUT2D eigenvalue weighted by Gasteiger charge is 2.10. The normalized spacial score (nSPS) is 15.4. The Kier molecular flexibility index (Phi) is 9.67. The summed E-state index contributed by atoms with van der Waals surface area (Å²) < 4.78 is 1.04. The predicted octanol–water partition coefficient (Wildman–Crippen LogP) is 3.25. The second kappa shape index (κ2) is 7.87. The van der Waals surface area contributed by atoms with Gasteiger partial charge >= 0.3 is 0 Å². The Hall–Kier alpha value is 0.240. The first-order valence-corrected chi connectivity index (χ1v) is 5.31. The van der Waals surface area contributed by atoms with Crippen molar-refractivity contribution in [3.05, 3.63) is 0 Å². The molecule has 12 heavy (non-hydrogen) atoms. The van der Waals surface area contributed by atoms with Gasteiger partial charge in [0.1, 0.15) is 4.32 Å². The first kappa shape index (κ1) is 14.7. The first-order chi connectivity index (χ1) is 5.04. The van der Waals surface area contributed by atoms with Gasteiger partial charge in [0.05, 0.1) is 0 Å². The Morgan fingerprint density at radius 3 is 1.92 bits per heavy atom. The van der Waals surface area contributed by atoms with Gasteiger partial charge in [0.2, 0.25) is 0 Å². The average molecular weight is 207 g/mol. The minimum absolute atomic E-state index is 0. The highest BCUT2D eigenvalue weighted by Crippen LogP contribution is 2.14. The van der Waals surface area contributed by atoms with Gasteiger partial charge in [0.15, 0.2) is 0 Å². The Bertz CT molecular complexity index is 121. The molecule has 0 radical (unpaired) electrons. The van der Waals surface area contributed by atoms with E-state index < -0.39 is 0 Å². The maximum atomic E-state index is 4.93. The van der Waals surface area contributed by atoms with E-state index in [-0.39, 0.29) is 7.43 Å². The van der Waals surface area contributed by atoms with Crippen molar-refractivity contribution in [3.8, 4) is 0 Å². The summed E-state index contributed by atoms with van der Waals surface area (Å²) in [5, 5.41) is 0. The zero-order valence-corrected chi connectivity index (χ0v) is 9.39. The lowest BCUT2D eigenvalue weighted by molar-refractivity contribution is 0.572. The summed E-state index contributed by atoms with van der Waals surface area (Å²) in [6.07, 6.45) is 0. The van der Waals surface area contributed by atoms with E-state index in [1.807, 2.05) is 7.05 Å². The molecule has 0 aromatic heterocycles. The number of rotatable bonds is 0. The van der Waals surface area contributed by atoms with Crippen molar-refractivity contribution >= 4 is 28.3 Å².